The zero-order chi connectivity index (χ0) is 23.5. The fourth-order valence-electron chi connectivity index (χ4n) is 2.44. The average molecular weight is 445 g/mol. The molecule has 2 aromatic rings. The minimum atomic E-state index is -1.22. The maximum Gasteiger partial charge on any atom is 0.339 e. The second-order valence-electron chi connectivity index (χ2n) is 6.10. The molecular weight excluding hydrogens is 426 g/mol. The van der Waals surface area contributed by atoms with E-state index in [1.807, 2.05) is 0 Å². The average Bonchev–Trinajstić information content (AvgIpc) is 2.76. The first kappa shape index (κ1) is 23.9. The molecule has 32 heavy (non-hydrogen) atoms. The number of methoxy groups -OCH3 is 1. The molecule has 1 N–H and O–H groups in total. The van der Waals surface area contributed by atoms with Gasteiger partial charge in [-0.25, -0.2) is 9.59 Å². The van der Waals surface area contributed by atoms with Gasteiger partial charge in [0.25, 0.3) is 5.09 Å². The van der Waals surface area contributed by atoms with Gasteiger partial charge in [-0.3, -0.25) is 4.79 Å². The Bertz CT molecular complexity index is 1030. The van der Waals surface area contributed by atoms with Crippen molar-refractivity contribution in [2.75, 3.05) is 13.7 Å². The summed E-state index contributed by atoms with van der Waals surface area (Å²) in [5.74, 6) is -2.38. The third-order valence-corrected chi connectivity index (χ3v) is 3.87. The van der Waals surface area contributed by atoms with Crippen LogP contribution in [0.5, 0.6) is 17.2 Å². The molecule has 0 heterocycles. The van der Waals surface area contributed by atoms with E-state index in [4.69, 9.17) is 19.3 Å². The number of para-hydroxylation sites is 1. The van der Waals surface area contributed by atoms with Crippen LogP contribution >= 0.6 is 0 Å². The lowest BCUT2D eigenvalue weighted by atomic mass is 10.2. The number of carboxylic acid groups (broad SMARTS) is 1. The second-order valence-corrected chi connectivity index (χ2v) is 6.10. The van der Waals surface area contributed by atoms with Crippen molar-refractivity contribution in [2.24, 2.45) is 0 Å². The van der Waals surface area contributed by atoms with Crippen LogP contribution in [0.2, 0.25) is 0 Å². The third kappa shape index (κ3) is 7.44. The number of hydrogen-bond acceptors (Lipinski definition) is 9. The lowest BCUT2D eigenvalue weighted by molar-refractivity contribution is -0.757. The van der Waals surface area contributed by atoms with Gasteiger partial charge in [-0.2, -0.15) is 0 Å². The van der Waals surface area contributed by atoms with Crippen LogP contribution in [0.1, 0.15) is 28.8 Å². The van der Waals surface area contributed by atoms with E-state index in [1.54, 1.807) is 12.1 Å². The van der Waals surface area contributed by atoms with Crippen molar-refractivity contribution in [3.63, 3.8) is 0 Å². The standard InChI is InChI=1S/C21H19NO10/c1-29-18-13-14(8-10-17(18)32-19(23)7-4-12-30-22(27)28)9-11-20(24)31-16-6-3-2-5-15(16)21(25)26/h2-3,5-6,8-11,13H,4,7,12H2,1H3,(H,25,26)/b11-9+. The predicted molar refractivity (Wildman–Crippen MR) is 109 cm³/mol. The first-order chi connectivity index (χ1) is 15.3. The topological polar surface area (TPSA) is 152 Å². The maximum absolute atomic E-state index is 12.0. The van der Waals surface area contributed by atoms with Crippen molar-refractivity contribution in [1.82, 2.24) is 0 Å². The summed E-state index contributed by atoms with van der Waals surface area (Å²) in [5.41, 5.74) is 0.372. The Morgan fingerprint density at radius 2 is 1.81 bits per heavy atom. The molecule has 0 atom stereocenters. The molecule has 168 valence electrons. The molecule has 0 saturated heterocycles. The minimum Gasteiger partial charge on any atom is -0.493 e. The number of esters is 2. The first-order valence-electron chi connectivity index (χ1n) is 9.18. The van der Waals surface area contributed by atoms with E-state index in [0.717, 1.165) is 6.08 Å². The van der Waals surface area contributed by atoms with Crippen LogP contribution in [0.4, 0.5) is 0 Å². The molecule has 0 fully saturated rings. The largest absolute Gasteiger partial charge is 0.493 e. The summed E-state index contributed by atoms with van der Waals surface area (Å²) >= 11 is 0. The maximum atomic E-state index is 12.0. The summed E-state index contributed by atoms with van der Waals surface area (Å²) in [4.78, 5) is 49.3. The molecular formula is C21H19NO10. The highest BCUT2D eigenvalue weighted by Gasteiger charge is 2.13. The Balaban J connectivity index is 1.99. The number of ether oxygens (including phenoxy) is 3. The number of carbonyl (C=O) groups is 3. The van der Waals surface area contributed by atoms with Gasteiger partial charge in [0.2, 0.25) is 0 Å². The summed E-state index contributed by atoms with van der Waals surface area (Å²) in [6, 6.07) is 10.2. The summed E-state index contributed by atoms with van der Waals surface area (Å²) in [6.07, 6.45) is 2.53. The van der Waals surface area contributed by atoms with Crippen LogP contribution in [0.3, 0.4) is 0 Å². The van der Waals surface area contributed by atoms with E-state index in [2.05, 4.69) is 4.84 Å². The van der Waals surface area contributed by atoms with E-state index in [0.29, 0.717) is 5.56 Å². The Kier molecular flexibility index (Phi) is 8.72. The molecule has 0 bridgehead atoms. The van der Waals surface area contributed by atoms with Gasteiger partial charge in [0.05, 0.1) is 13.7 Å². The SMILES string of the molecule is COc1cc(/C=C/C(=O)Oc2ccccc2C(=O)O)ccc1OC(=O)CCCO[N+](=O)[O-]. The number of nitrogens with zero attached hydrogens (tertiary/aromatic N) is 1. The number of benzene rings is 2. The Morgan fingerprint density at radius 3 is 2.50 bits per heavy atom. The Morgan fingerprint density at radius 1 is 1.06 bits per heavy atom. The Labute approximate surface area is 181 Å². The lowest BCUT2D eigenvalue weighted by Crippen LogP contribution is -2.11. The number of carbonyl (C=O) groups excluding carboxylic acids is 2. The lowest BCUT2D eigenvalue weighted by Gasteiger charge is -2.10. The van der Waals surface area contributed by atoms with Crippen molar-refractivity contribution < 1.29 is 43.6 Å². The molecule has 11 nitrogen and oxygen atoms in total. The quantitative estimate of drug-likeness (QED) is 0.136. The first-order valence-corrected chi connectivity index (χ1v) is 9.18. The highest BCUT2D eigenvalue weighted by atomic mass is 16.9. The second kappa shape index (κ2) is 11.7. The number of carboxylic acids is 1. The molecule has 0 unspecified atom stereocenters. The van der Waals surface area contributed by atoms with Crippen molar-refractivity contribution in [3.8, 4) is 17.2 Å². The summed E-state index contributed by atoms with van der Waals surface area (Å²) in [7, 11) is 1.36. The zero-order valence-corrected chi connectivity index (χ0v) is 16.9. The molecule has 0 aliphatic rings. The molecule has 0 amide bonds. The van der Waals surface area contributed by atoms with Crippen LogP contribution in [0, 0.1) is 10.1 Å². The van der Waals surface area contributed by atoms with E-state index < -0.39 is 23.0 Å². The monoisotopic (exact) mass is 445 g/mol. The van der Waals surface area contributed by atoms with Crippen molar-refractivity contribution in [2.45, 2.75) is 12.8 Å². The summed E-state index contributed by atoms with van der Waals surface area (Å²) in [5, 5.41) is 18.3. The molecule has 0 aliphatic carbocycles. The van der Waals surface area contributed by atoms with E-state index in [9.17, 15) is 24.5 Å². The van der Waals surface area contributed by atoms with Gasteiger partial charge < -0.3 is 24.2 Å². The van der Waals surface area contributed by atoms with Gasteiger partial charge in [-0.05, 0) is 42.3 Å². The van der Waals surface area contributed by atoms with E-state index in [-0.39, 0.29) is 42.3 Å². The number of aromatic carboxylic acids is 1. The minimum absolute atomic E-state index is 0.0851. The van der Waals surface area contributed by atoms with Crippen LogP contribution in [-0.4, -0.2) is 41.8 Å². The fourth-order valence-corrected chi connectivity index (χ4v) is 2.44. The van der Waals surface area contributed by atoms with Gasteiger partial charge >= 0.3 is 17.9 Å². The molecule has 0 aliphatic heterocycles. The van der Waals surface area contributed by atoms with Gasteiger partial charge in [0, 0.05) is 12.5 Å². The van der Waals surface area contributed by atoms with Gasteiger partial charge in [0.15, 0.2) is 11.5 Å². The summed E-state index contributed by atoms with van der Waals surface area (Å²) in [6.45, 7) is -0.226. The molecule has 2 rings (SSSR count). The van der Waals surface area contributed by atoms with Gasteiger partial charge in [-0.1, -0.05) is 18.2 Å². The van der Waals surface area contributed by atoms with Crippen LogP contribution in [-0.2, 0) is 14.4 Å². The summed E-state index contributed by atoms with van der Waals surface area (Å²) < 4.78 is 15.4. The van der Waals surface area contributed by atoms with Crippen LogP contribution in [0.25, 0.3) is 6.08 Å². The highest BCUT2D eigenvalue weighted by molar-refractivity contribution is 5.94. The predicted octanol–water partition coefficient (Wildman–Crippen LogP) is 2.91. The number of rotatable bonds is 11. The Hall–Kier alpha value is -4.41. The molecule has 2 aromatic carbocycles. The molecule has 0 saturated carbocycles. The normalized spacial score (nSPS) is 10.4. The molecule has 0 radical (unpaired) electrons. The van der Waals surface area contributed by atoms with Crippen molar-refractivity contribution in [1.29, 1.82) is 0 Å². The number of hydrogen-bond donors (Lipinski definition) is 1. The van der Waals surface area contributed by atoms with Crippen LogP contribution in [0.15, 0.2) is 48.5 Å². The molecule has 11 heteroatoms. The smallest absolute Gasteiger partial charge is 0.339 e. The van der Waals surface area contributed by atoms with Gasteiger partial charge in [-0.15, -0.1) is 10.1 Å². The molecule has 0 spiro atoms. The third-order valence-electron chi connectivity index (χ3n) is 3.87. The van der Waals surface area contributed by atoms with E-state index in [1.165, 1.54) is 43.5 Å². The fraction of sp³-hybridized carbons (Fsp3) is 0.190. The van der Waals surface area contributed by atoms with Crippen LogP contribution < -0.4 is 14.2 Å². The molecule has 0 aromatic heterocycles. The van der Waals surface area contributed by atoms with E-state index >= 15 is 0 Å². The zero-order valence-electron chi connectivity index (χ0n) is 16.9. The van der Waals surface area contributed by atoms with Crippen molar-refractivity contribution in [3.05, 3.63) is 69.8 Å². The van der Waals surface area contributed by atoms with Gasteiger partial charge in [0.1, 0.15) is 11.3 Å². The highest BCUT2D eigenvalue weighted by Crippen LogP contribution is 2.29. The van der Waals surface area contributed by atoms with Crippen molar-refractivity contribution >= 4 is 24.0 Å².